The van der Waals surface area contributed by atoms with Gasteiger partial charge in [0.05, 0.1) is 12.7 Å². The molecule has 0 bridgehead atoms. The maximum Gasteiger partial charge on any atom is 0.257 e. The number of hydrogen-bond donors (Lipinski definition) is 1. The van der Waals surface area contributed by atoms with E-state index >= 15 is 0 Å². The summed E-state index contributed by atoms with van der Waals surface area (Å²) in [4.78, 5) is 23.3. The number of nitrogens with one attached hydrogen (secondary N) is 1. The third kappa shape index (κ3) is 3.01. The molecule has 0 saturated carbocycles. The van der Waals surface area contributed by atoms with Gasteiger partial charge < -0.3 is 14.6 Å². The van der Waals surface area contributed by atoms with Crippen molar-refractivity contribution in [2.45, 2.75) is 0 Å². The first-order chi connectivity index (χ1) is 9.10. The number of carbonyl (C=O) groups excluding carboxylic acids is 1. The summed E-state index contributed by atoms with van der Waals surface area (Å²) in [5, 5.41) is 2.75. The van der Waals surface area contributed by atoms with Gasteiger partial charge in [0.1, 0.15) is 5.75 Å². The Balaban J connectivity index is 2.20. The van der Waals surface area contributed by atoms with Crippen molar-refractivity contribution in [3.63, 3.8) is 0 Å². The van der Waals surface area contributed by atoms with Crippen LogP contribution in [0.25, 0.3) is 0 Å². The van der Waals surface area contributed by atoms with Crippen LogP contribution < -0.4 is 15.6 Å². The molecule has 0 aliphatic heterocycles. The monoisotopic (exact) mass is 258 g/mol. The number of aryl methyl sites for hydroxylation is 1. The lowest BCUT2D eigenvalue weighted by Gasteiger charge is -2.07. The van der Waals surface area contributed by atoms with E-state index < -0.39 is 0 Å². The number of carbonyl (C=O) groups is 1. The van der Waals surface area contributed by atoms with Gasteiger partial charge in [-0.1, -0.05) is 6.07 Å². The standard InChI is InChI=1S/C14H14N2O3/c1-16-9-10(6-7-13(16)17)14(18)15-11-4-3-5-12(8-11)19-2/h3-9H,1-2H3,(H,15,18). The molecule has 5 heteroatoms. The molecule has 0 fully saturated rings. The highest BCUT2D eigenvalue weighted by molar-refractivity contribution is 6.04. The van der Waals surface area contributed by atoms with Crippen LogP contribution in [0.4, 0.5) is 5.69 Å². The number of aromatic nitrogens is 1. The zero-order valence-electron chi connectivity index (χ0n) is 10.7. The summed E-state index contributed by atoms with van der Waals surface area (Å²) in [6, 6.07) is 9.93. The summed E-state index contributed by atoms with van der Waals surface area (Å²) in [5.41, 5.74) is 0.904. The number of pyridine rings is 1. The Kier molecular flexibility index (Phi) is 3.66. The number of ether oxygens (including phenoxy) is 1. The second-order valence-electron chi connectivity index (χ2n) is 4.05. The molecule has 2 rings (SSSR count). The van der Waals surface area contributed by atoms with E-state index in [-0.39, 0.29) is 11.5 Å². The van der Waals surface area contributed by atoms with Gasteiger partial charge in [-0.05, 0) is 18.2 Å². The number of hydrogen-bond acceptors (Lipinski definition) is 3. The molecule has 1 heterocycles. The molecule has 2 aromatic rings. The molecule has 0 saturated heterocycles. The lowest BCUT2D eigenvalue weighted by atomic mass is 10.2. The lowest BCUT2D eigenvalue weighted by molar-refractivity contribution is 0.102. The predicted octanol–water partition coefficient (Wildman–Crippen LogP) is 1.65. The van der Waals surface area contributed by atoms with Crippen molar-refractivity contribution in [2.75, 3.05) is 12.4 Å². The summed E-state index contributed by atoms with van der Waals surface area (Å²) in [7, 11) is 3.17. The zero-order chi connectivity index (χ0) is 13.8. The van der Waals surface area contributed by atoms with Crippen LogP contribution in [0.15, 0.2) is 47.4 Å². The van der Waals surface area contributed by atoms with Crippen LogP contribution >= 0.6 is 0 Å². The van der Waals surface area contributed by atoms with E-state index in [1.54, 1.807) is 38.4 Å². The first kappa shape index (κ1) is 12.9. The number of amides is 1. The van der Waals surface area contributed by atoms with E-state index in [0.717, 1.165) is 0 Å². The minimum Gasteiger partial charge on any atom is -0.497 e. The summed E-state index contributed by atoms with van der Waals surface area (Å²) >= 11 is 0. The van der Waals surface area contributed by atoms with Gasteiger partial charge in [-0.15, -0.1) is 0 Å². The highest BCUT2D eigenvalue weighted by atomic mass is 16.5. The molecule has 0 aliphatic rings. The Morgan fingerprint density at radius 1 is 1.26 bits per heavy atom. The second-order valence-corrected chi connectivity index (χ2v) is 4.05. The van der Waals surface area contributed by atoms with E-state index in [4.69, 9.17) is 4.74 Å². The van der Waals surface area contributed by atoms with Crippen LogP contribution in [-0.4, -0.2) is 17.6 Å². The van der Waals surface area contributed by atoms with Crippen LogP contribution in [0.3, 0.4) is 0 Å². The molecule has 98 valence electrons. The van der Waals surface area contributed by atoms with Crippen molar-refractivity contribution in [1.29, 1.82) is 0 Å². The first-order valence-corrected chi connectivity index (χ1v) is 5.72. The Bertz CT molecular complexity index is 662. The van der Waals surface area contributed by atoms with Crippen molar-refractivity contribution in [3.05, 3.63) is 58.5 Å². The summed E-state index contributed by atoms with van der Waals surface area (Å²) in [6.07, 6.45) is 1.50. The Morgan fingerprint density at radius 3 is 2.74 bits per heavy atom. The van der Waals surface area contributed by atoms with Gasteiger partial charge >= 0.3 is 0 Å². The number of anilines is 1. The number of methoxy groups -OCH3 is 1. The highest BCUT2D eigenvalue weighted by Crippen LogP contribution is 2.17. The van der Waals surface area contributed by atoms with E-state index in [2.05, 4.69) is 5.32 Å². The molecule has 0 aliphatic carbocycles. The van der Waals surface area contributed by atoms with Crippen molar-refractivity contribution in [3.8, 4) is 5.75 Å². The molecule has 1 aromatic carbocycles. The molecular formula is C14H14N2O3. The van der Waals surface area contributed by atoms with Crippen LogP contribution in [0, 0.1) is 0 Å². The van der Waals surface area contributed by atoms with Crippen molar-refractivity contribution >= 4 is 11.6 Å². The van der Waals surface area contributed by atoms with Gasteiger partial charge in [0, 0.05) is 31.1 Å². The summed E-state index contributed by atoms with van der Waals surface area (Å²) in [6.45, 7) is 0. The van der Waals surface area contributed by atoms with Crippen molar-refractivity contribution < 1.29 is 9.53 Å². The largest absolute Gasteiger partial charge is 0.497 e. The quantitative estimate of drug-likeness (QED) is 0.910. The molecular weight excluding hydrogens is 244 g/mol. The van der Waals surface area contributed by atoms with Crippen LogP contribution in [0.5, 0.6) is 5.75 Å². The Hall–Kier alpha value is -2.56. The fraction of sp³-hybridized carbons (Fsp3) is 0.143. The van der Waals surface area contributed by atoms with Crippen LogP contribution in [-0.2, 0) is 7.05 Å². The predicted molar refractivity (Wildman–Crippen MR) is 72.6 cm³/mol. The van der Waals surface area contributed by atoms with Gasteiger partial charge in [-0.2, -0.15) is 0 Å². The van der Waals surface area contributed by atoms with E-state index in [1.165, 1.54) is 22.9 Å². The summed E-state index contributed by atoms with van der Waals surface area (Å²) < 4.78 is 6.44. The van der Waals surface area contributed by atoms with Gasteiger partial charge in [-0.3, -0.25) is 9.59 Å². The molecule has 0 spiro atoms. The molecule has 1 N–H and O–H groups in total. The minimum absolute atomic E-state index is 0.155. The normalized spacial score (nSPS) is 10.0. The van der Waals surface area contributed by atoms with E-state index in [1.807, 2.05) is 0 Å². The lowest BCUT2D eigenvalue weighted by Crippen LogP contribution is -2.19. The number of benzene rings is 1. The van der Waals surface area contributed by atoms with Gasteiger partial charge in [0.2, 0.25) is 5.56 Å². The van der Waals surface area contributed by atoms with Crippen molar-refractivity contribution in [2.24, 2.45) is 7.05 Å². The van der Waals surface area contributed by atoms with E-state index in [0.29, 0.717) is 17.0 Å². The van der Waals surface area contributed by atoms with Crippen molar-refractivity contribution in [1.82, 2.24) is 4.57 Å². The van der Waals surface area contributed by atoms with Gasteiger partial charge in [0.25, 0.3) is 5.91 Å². The summed E-state index contributed by atoms with van der Waals surface area (Å²) in [5.74, 6) is 0.391. The third-order valence-corrected chi connectivity index (χ3v) is 2.68. The SMILES string of the molecule is COc1cccc(NC(=O)c2ccc(=O)n(C)c2)c1. The van der Waals surface area contributed by atoms with E-state index in [9.17, 15) is 9.59 Å². The molecule has 0 radical (unpaired) electrons. The molecule has 1 amide bonds. The molecule has 1 aromatic heterocycles. The first-order valence-electron chi connectivity index (χ1n) is 5.72. The molecule has 5 nitrogen and oxygen atoms in total. The smallest absolute Gasteiger partial charge is 0.257 e. The average Bonchev–Trinajstić information content (AvgIpc) is 2.42. The fourth-order valence-electron chi connectivity index (χ4n) is 1.63. The minimum atomic E-state index is -0.274. The van der Waals surface area contributed by atoms with Gasteiger partial charge in [-0.25, -0.2) is 0 Å². The third-order valence-electron chi connectivity index (χ3n) is 2.68. The van der Waals surface area contributed by atoms with Crippen LogP contribution in [0.1, 0.15) is 10.4 Å². The molecule has 0 unspecified atom stereocenters. The molecule has 19 heavy (non-hydrogen) atoms. The fourth-order valence-corrected chi connectivity index (χ4v) is 1.63. The number of rotatable bonds is 3. The topological polar surface area (TPSA) is 60.3 Å². The average molecular weight is 258 g/mol. The number of nitrogens with zero attached hydrogens (tertiary/aromatic N) is 1. The second kappa shape index (κ2) is 5.39. The highest BCUT2D eigenvalue weighted by Gasteiger charge is 2.07. The Morgan fingerprint density at radius 2 is 2.05 bits per heavy atom. The maximum absolute atomic E-state index is 12.0. The van der Waals surface area contributed by atoms with Gasteiger partial charge in [0.15, 0.2) is 0 Å². The maximum atomic E-state index is 12.0. The zero-order valence-corrected chi connectivity index (χ0v) is 10.7. The Labute approximate surface area is 110 Å². The molecule has 0 atom stereocenters. The van der Waals surface area contributed by atoms with Crippen LogP contribution in [0.2, 0.25) is 0 Å².